The van der Waals surface area contributed by atoms with Crippen LogP contribution in [0.15, 0.2) is 206 Å². The molecule has 7 heteroatoms. The Morgan fingerprint density at radius 3 is 1.84 bits per heavy atom. The van der Waals surface area contributed by atoms with Crippen molar-refractivity contribution in [2.24, 2.45) is 5.41 Å². The van der Waals surface area contributed by atoms with E-state index in [-0.39, 0.29) is 60.9 Å². The van der Waals surface area contributed by atoms with Crippen LogP contribution < -0.4 is 9.30 Å². The van der Waals surface area contributed by atoms with Gasteiger partial charge in [-0.2, -0.15) is 18.2 Å². The summed E-state index contributed by atoms with van der Waals surface area (Å²) in [5.41, 5.74) is 13.4. The first kappa shape index (κ1) is 47.5. The zero-order chi connectivity index (χ0) is 59.6. The molecule has 0 radical (unpaired) electrons. The molecule has 4 heterocycles. The molecule has 0 aliphatic heterocycles. The zero-order valence-corrected chi connectivity index (χ0v) is 49.6. The molecule has 404 valence electrons. The molecule has 4 aromatic heterocycles. The largest absolute Gasteiger partial charge is 0.510 e. The summed E-state index contributed by atoms with van der Waals surface area (Å²) in [5, 5.41) is 4.45. The summed E-state index contributed by atoms with van der Waals surface area (Å²) in [7, 11) is 0. The Morgan fingerprint density at radius 1 is 0.543 bits per heavy atom. The number of benzene rings is 9. The van der Waals surface area contributed by atoms with Gasteiger partial charge < -0.3 is 18.4 Å². The molecule has 13 aromatic rings. The van der Waals surface area contributed by atoms with Crippen LogP contribution >= 0.6 is 0 Å². The topological polar surface area (TPSA) is 40.8 Å². The maximum atomic E-state index is 9.29. The van der Waals surface area contributed by atoms with Crippen LogP contribution in [-0.4, -0.2) is 18.7 Å². The second-order valence-corrected chi connectivity index (χ2v) is 24.3. The first-order valence-corrected chi connectivity index (χ1v) is 27.5. The monoisotopic (exact) mass is 1240 g/mol. The zero-order valence-electron chi connectivity index (χ0n) is 52.3. The van der Waals surface area contributed by atoms with Crippen molar-refractivity contribution >= 4 is 54.6 Å². The van der Waals surface area contributed by atoms with Gasteiger partial charge in [-0.3, -0.25) is 4.57 Å². The van der Waals surface area contributed by atoms with Crippen LogP contribution in [0.5, 0.6) is 11.5 Å². The van der Waals surface area contributed by atoms with Gasteiger partial charge >= 0.3 is 0 Å². The summed E-state index contributed by atoms with van der Waals surface area (Å²) in [6, 6.07) is 64.0. The van der Waals surface area contributed by atoms with Crippen molar-refractivity contribution in [3.05, 3.63) is 241 Å². The SMILES string of the molecule is [2H]c1c([2H])c([2H])c(-c2cccc(-c3cc(C(C)(C)C)cc(C(C)(C)C)c3)c2-[n+]2[c-]n(-c3[c-]c(Oc4[c-]c5c(cc4)c4cc(-n6c7ccccc7c7ccccc76)ccc4n5-c4cc(C(C)C(C)(C)C)ccn4)ccc3)c3ccccc32)c([2H])c1[2H].[Pt]. The summed E-state index contributed by atoms with van der Waals surface area (Å²) < 4.78 is 60.0. The Labute approximate surface area is 497 Å². The molecule has 0 fully saturated rings. The van der Waals surface area contributed by atoms with E-state index in [1.54, 1.807) is 0 Å². The van der Waals surface area contributed by atoms with Crippen molar-refractivity contribution in [2.75, 3.05) is 0 Å². The third kappa shape index (κ3) is 9.57. The van der Waals surface area contributed by atoms with Crippen molar-refractivity contribution in [1.29, 1.82) is 0 Å². The van der Waals surface area contributed by atoms with Gasteiger partial charge in [-0.25, -0.2) is 4.98 Å². The second-order valence-electron chi connectivity index (χ2n) is 24.3. The van der Waals surface area contributed by atoms with Gasteiger partial charge in [0.2, 0.25) is 0 Å². The molecule has 0 bridgehead atoms. The third-order valence-corrected chi connectivity index (χ3v) is 16.1. The normalized spacial score (nSPS) is 13.5. The smallest absolute Gasteiger partial charge is 0.268 e. The summed E-state index contributed by atoms with van der Waals surface area (Å²) in [4.78, 5) is 5.04. The van der Waals surface area contributed by atoms with Gasteiger partial charge in [-0.05, 0) is 115 Å². The van der Waals surface area contributed by atoms with E-state index < -0.39 is 18.1 Å². The number of rotatable bonds is 9. The van der Waals surface area contributed by atoms with Crippen LogP contribution in [0.4, 0.5) is 0 Å². The number of aromatic nitrogens is 5. The minimum atomic E-state index is -0.448. The van der Waals surface area contributed by atoms with E-state index in [1.165, 1.54) is 16.3 Å². The minimum Gasteiger partial charge on any atom is -0.510 e. The van der Waals surface area contributed by atoms with E-state index in [9.17, 15) is 2.74 Å². The molecular weight excluding hydrogens is 1170 g/mol. The Kier molecular flexibility index (Phi) is 11.9. The van der Waals surface area contributed by atoms with Crippen molar-refractivity contribution in [1.82, 2.24) is 18.7 Å². The number of imidazole rings is 1. The van der Waals surface area contributed by atoms with Crippen molar-refractivity contribution in [2.45, 2.75) is 86.0 Å². The molecule has 1 atom stereocenters. The molecule has 0 aliphatic carbocycles. The minimum absolute atomic E-state index is 0. The van der Waals surface area contributed by atoms with Crippen LogP contribution in [0.3, 0.4) is 0 Å². The molecule has 0 amide bonds. The quantitative estimate of drug-likeness (QED) is 0.107. The molecule has 9 aromatic carbocycles. The molecule has 0 saturated heterocycles. The fourth-order valence-electron chi connectivity index (χ4n) is 11.3. The van der Waals surface area contributed by atoms with Crippen LogP contribution in [0.1, 0.15) is 98.7 Å². The second kappa shape index (κ2) is 20.3. The van der Waals surface area contributed by atoms with Gasteiger partial charge in [0.15, 0.2) is 0 Å². The number of pyridine rings is 1. The van der Waals surface area contributed by atoms with Crippen molar-refractivity contribution in [3.63, 3.8) is 0 Å². The Hall–Kier alpha value is -8.31. The van der Waals surface area contributed by atoms with E-state index in [1.807, 2.05) is 82.1 Å². The number of fused-ring (bicyclic) bond motifs is 7. The van der Waals surface area contributed by atoms with E-state index in [0.29, 0.717) is 28.4 Å². The molecule has 0 spiro atoms. The Morgan fingerprint density at radius 2 is 1.16 bits per heavy atom. The first-order valence-electron chi connectivity index (χ1n) is 30.0. The molecule has 6 nitrogen and oxygen atoms in total. The summed E-state index contributed by atoms with van der Waals surface area (Å²) in [6.07, 6.45) is 5.61. The number of nitrogens with zero attached hydrogens (tertiary/aromatic N) is 5. The fourth-order valence-corrected chi connectivity index (χ4v) is 11.3. The molecule has 0 N–H and O–H groups in total. The Bertz CT molecular complexity index is 4750. The average molecular weight is 1240 g/mol. The van der Waals surface area contributed by atoms with Gasteiger partial charge in [0.1, 0.15) is 5.82 Å². The van der Waals surface area contributed by atoms with Gasteiger partial charge in [0.25, 0.3) is 6.33 Å². The predicted octanol–water partition coefficient (Wildman–Crippen LogP) is 18.8. The summed E-state index contributed by atoms with van der Waals surface area (Å²) in [5.74, 6) is 1.99. The van der Waals surface area contributed by atoms with Crippen molar-refractivity contribution in [3.8, 4) is 56.6 Å². The van der Waals surface area contributed by atoms with Crippen LogP contribution in [-0.2, 0) is 31.9 Å². The fraction of sp³-hybridized carbons (Fsp3) is 0.189. The van der Waals surface area contributed by atoms with Gasteiger partial charge in [0.05, 0.1) is 34.6 Å². The van der Waals surface area contributed by atoms with Gasteiger partial charge in [-0.15, -0.1) is 29.7 Å². The first-order chi connectivity index (χ1) is 40.5. The number of ether oxygens (including phenoxy) is 1. The molecule has 81 heavy (non-hydrogen) atoms. The van der Waals surface area contributed by atoms with Crippen molar-refractivity contribution < 1.29 is 37.2 Å². The summed E-state index contributed by atoms with van der Waals surface area (Å²) in [6.45, 7) is 22.3. The molecule has 13 rings (SSSR count). The summed E-state index contributed by atoms with van der Waals surface area (Å²) >= 11 is 0. The van der Waals surface area contributed by atoms with Crippen LogP contribution in [0.2, 0.25) is 0 Å². The predicted molar refractivity (Wildman–Crippen MR) is 330 cm³/mol. The molecular formula is C74H65N5OPt-2. The maximum absolute atomic E-state index is 9.29. The molecule has 0 aliphatic rings. The number of hydrogen-bond donors (Lipinski definition) is 0. The Balaban J connectivity index is 0.00000724. The maximum Gasteiger partial charge on any atom is 0.268 e. The van der Waals surface area contributed by atoms with E-state index in [2.05, 4.69) is 200 Å². The number of hydrogen-bond acceptors (Lipinski definition) is 2. The average Bonchev–Trinajstić information content (AvgIpc) is 1.55. The van der Waals surface area contributed by atoms with E-state index in [4.69, 9.17) is 13.8 Å². The third-order valence-electron chi connectivity index (χ3n) is 16.1. The standard InChI is InChI=1S/C74H65N5O.Pt/c1-48(72(2,3)4)50-38-39-75-70(42-50)79-66-37-34-55(78-64-30-16-14-26-60(64)61-27-15-17-31-65(61)78)45-63(66)62-36-35-57(46-69(62)79)80-56-25-20-24-54(44-56)76-47-77(68-33-19-18-32-67(68)76)71-58(49-22-12-11-13-23-49)28-21-29-59(71)51-40-52(73(5,6)7)43-53(41-51)74(8,9)10;/h11-43,45,48H,1-10H3;/q-2;/i11D,12D,13D,22D,23D;. The van der Waals surface area contributed by atoms with Crippen LogP contribution in [0, 0.1) is 23.9 Å². The molecule has 1 unspecified atom stereocenters. The number of para-hydroxylation sites is 5. The van der Waals surface area contributed by atoms with E-state index >= 15 is 0 Å². The van der Waals surface area contributed by atoms with Gasteiger partial charge in [-0.1, -0.05) is 202 Å². The van der Waals surface area contributed by atoms with E-state index in [0.717, 1.165) is 77.6 Å². The molecule has 0 saturated carbocycles. The van der Waals surface area contributed by atoms with Gasteiger partial charge in [0, 0.05) is 60.7 Å². The van der Waals surface area contributed by atoms with Crippen LogP contribution in [0.25, 0.3) is 99.8 Å².